The number of aliphatic carboxylic acids is 1. The Labute approximate surface area is 223 Å². The van der Waals surface area contributed by atoms with Gasteiger partial charge in [-0.2, -0.15) is 0 Å². The molecule has 2 aromatic rings. The van der Waals surface area contributed by atoms with Gasteiger partial charge in [-0.15, -0.1) is 0 Å². The fourth-order valence-electron chi connectivity index (χ4n) is 4.14. The van der Waals surface area contributed by atoms with Gasteiger partial charge in [-0.25, -0.2) is 0 Å². The maximum atomic E-state index is 13.5. The second-order valence-electron chi connectivity index (χ2n) is 8.42. The van der Waals surface area contributed by atoms with Crippen molar-refractivity contribution < 1.29 is 29.0 Å². The zero-order valence-corrected chi connectivity index (χ0v) is 21.7. The molecule has 4 rings (SSSR count). The first kappa shape index (κ1) is 26.4. The van der Waals surface area contributed by atoms with Gasteiger partial charge in [0.1, 0.15) is 16.6 Å². The van der Waals surface area contributed by atoms with Crippen LogP contribution in [0.1, 0.15) is 31.2 Å². The highest BCUT2D eigenvalue weighted by Gasteiger charge is 2.42. The Bertz CT molecular complexity index is 1290. The van der Waals surface area contributed by atoms with Crippen LogP contribution in [0, 0.1) is 0 Å². The van der Waals surface area contributed by atoms with Gasteiger partial charge in [0.05, 0.1) is 23.3 Å². The number of methoxy groups -OCH3 is 1. The van der Waals surface area contributed by atoms with Crippen LogP contribution in [-0.2, 0) is 19.2 Å². The maximum absolute atomic E-state index is 13.5. The van der Waals surface area contributed by atoms with E-state index < -0.39 is 11.9 Å². The molecule has 3 amide bonds. The van der Waals surface area contributed by atoms with Crippen molar-refractivity contribution in [3.05, 3.63) is 59.0 Å². The smallest absolute Gasteiger partial charge is 0.303 e. The molecule has 2 N–H and O–H groups in total. The van der Waals surface area contributed by atoms with Crippen molar-refractivity contribution in [3.63, 3.8) is 0 Å². The topological polar surface area (TPSA) is 116 Å². The number of thiocarbonyl (C=S) groups is 1. The van der Waals surface area contributed by atoms with Crippen LogP contribution in [0.5, 0.6) is 5.75 Å². The first-order chi connectivity index (χ1) is 17.8. The highest BCUT2D eigenvalue weighted by Crippen LogP contribution is 2.44. The number of unbranched alkanes of at least 4 members (excludes halogenated alkanes) is 2. The Hall–Kier alpha value is -3.70. The van der Waals surface area contributed by atoms with Crippen molar-refractivity contribution in [2.45, 2.75) is 25.7 Å². The summed E-state index contributed by atoms with van der Waals surface area (Å²) in [6.07, 6.45) is 1.85. The van der Waals surface area contributed by atoms with E-state index in [1.54, 1.807) is 55.6 Å². The molecule has 37 heavy (non-hydrogen) atoms. The quantitative estimate of drug-likeness (QED) is 0.265. The summed E-state index contributed by atoms with van der Waals surface area (Å²) in [6.45, 7) is 0.125. The Kier molecular flexibility index (Phi) is 8.24. The number of benzene rings is 2. The van der Waals surface area contributed by atoms with Gasteiger partial charge in [0.2, 0.25) is 5.91 Å². The maximum Gasteiger partial charge on any atom is 0.303 e. The van der Waals surface area contributed by atoms with Gasteiger partial charge in [-0.3, -0.25) is 29.0 Å². The summed E-state index contributed by atoms with van der Waals surface area (Å²) >= 11 is 6.49. The number of hydrogen-bond acceptors (Lipinski definition) is 7. The molecule has 192 valence electrons. The fourth-order valence-corrected chi connectivity index (χ4v) is 5.52. The molecule has 0 bridgehead atoms. The van der Waals surface area contributed by atoms with Crippen molar-refractivity contribution in [3.8, 4) is 5.75 Å². The lowest BCUT2D eigenvalue weighted by molar-refractivity contribution is -0.137. The van der Waals surface area contributed by atoms with Crippen LogP contribution in [-0.4, -0.2) is 58.2 Å². The zero-order valence-electron chi connectivity index (χ0n) is 20.1. The first-order valence-corrected chi connectivity index (χ1v) is 12.9. The minimum atomic E-state index is -0.851. The number of carboxylic acids is 1. The lowest BCUT2D eigenvalue weighted by atomic mass is 10.1. The third-order valence-corrected chi connectivity index (χ3v) is 7.40. The number of para-hydroxylation sites is 1. The van der Waals surface area contributed by atoms with Crippen LogP contribution in [0.4, 0.5) is 11.4 Å². The van der Waals surface area contributed by atoms with E-state index >= 15 is 0 Å². The monoisotopic (exact) mass is 539 g/mol. The molecule has 0 aliphatic carbocycles. The standard InChI is InChI=1S/C26H25N3O6S2/c1-35-17-12-10-16(11-13-17)27-20(30)15-29-19-8-5-4-7-18(19)22(24(29)33)23-25(34)28(26(36)37-23)14-6-2-3-9-21(31)32/h4-5,7-8,10-13H,2-3,6,9,14-15H2,1H3,(H,27,30)(H,31,32)/b23-22-. The number of thioether (sulfide) groups is 1. The molecular weight excluding hydrogens is 514 g/mol. The van der Waals surface area contributed by atoms with E-state index in [1.165, 1.54) is 9.80 Å². The number of carbonyl (C=O) groups is 4. The van der Waals surface area contributed by atoms with Crippen molar-refractivity contribution >= 4 is 68.9 Å². The van der Waals surface area contributed by atoms with E-state index in [1.807, 2.05) is 0 Å². The number of hydrogen-bond donors (Lipinski definition) is 2. The van der Waals surface area contributed by atoms with Crippen LogP contribution >= 0.6 is 24.0 Å². The van der Waals surface area contributed by atoms with Gasteiger partial charge in [0, 0.05) is 24.2 Å². The minimum Gasteiger partial charge on any atom is -0.497 e. The number of carboxylic acid groups (broad SMARTS) is 1. The van der Waals surface area contributed by atoms with Crippen molar-refractivity contribution in [1.29, 1.82) is 0 Å². The Morgan fingerprint density at radius 2 is 1.73 bits per heavy atom. The molecule has 0 spiro atoms. The van der Waals surface area contributed by atoms with E-state index in [0.717, 1.165) is 11.8 Å². The molecule has 9 nitrogen and oxygen atoms in total. The summed E-state index contributed by atoms with van der Waals surface area (Å²) in [5, 5.41) is 11.6. The highest BCUT2D eigenvalue weighted by molar-refractivity contribution is 8.26. The minimum absolute atomic E-state index is 0.0790. The predicted molar refractivity (Wildman–Crippen MR) is 145 cm³/mol. The summed E-state index contributed by atoms with van der Waals surface area (Å²) in [6, 6.07) is 13.9. The first-order valence-electron chi connectivity index (χ1n) is 11.6. The average molecular weight is 540 g/mol. The third-order valence-electron chi connectivity index (χ3n) is 5.95. The number of nitrogens with one attached hydrogen (secondary N) is 1. The molecule has 0 aromatic heterocycles. The number of fused-ring (bicyclic) bond motifs is 1. The van der Waals surface area contributed by atoms with Gasteiger partial charge >= 0.3 is 5.97 Å². The predicted octanol–water partition coefficient (Wildman–Crippen LogP) is 3.90. The number of rotatable bonds is 10. The largest absolute Gasteiger partial charge is 0.497 e. The molecular formula is C26H25N3O6S2. The van der Waals surface area contributed by atoms with Gasteiger partial charge in [0.25, 0.3) is 11.8 Å². The molecule has 0 saturated carbocycles. The van der Waals surface area contributed by atoms with Crippen LogP contribution < -0.4 is 15.0 Å². The zero-order chi connectivity index (χ0) is 26.5. The van der Waals surface area contributed by atoms with E-state index in [4.69, 9.17) is 22.1 Å². The number of anilines is 2. The third kappa shape index (κ3) is 5.83. The second kappa shape index (κ2) is 11.6. The van der Waals surface area contributed by atoms with E-state index in [2.05, 4.69) is 5.32 Å². The number of amides is 3. The lowest BCUT2D eigenvalue weighted by Gasteiger charge is -2.17. The molecule has 2 aliphatic heterocycles. The van der Waals surface area contributed by atoms with Gasteiger partial charge in [-0.1, -0.05) is 48.6 Å². The number of ether oxygens (including phenoxy) is 1. The average Bonchev–Trinajstić information content (AvgIpc) is 3.31. The lowest BCUT2D eigenvalue weighted by Crippen LogP contribution is -2.35. The summed E-state index contributed by atoms with van der Waals surface area (Å²) < 4.78 is 5.48. The van der Waals surface area contributed by atoms with E-state index in [0.29, 0.717) is 52.8 Å². The molecule has 0 unspecified atom stereocenters. The fraction of sp³-hybridized carbons (Fsp3) is 0.269. The summed E-state index contributed by atoms with van der Waals surface area (Å²) in [5.41, 5.74) is 1.92. The van der Waals surface area contributed by atoms with Gasteiger partial charge in [-0.05, 0) is 43.2 Å². The van der Waals surface area contributed by atoms with Crippen LogP contribution in [0.3, 0.4) is 0 Å². The summed E-state index contributed by atoms with van der Waals surface area (Å²) in [7, 11) is 1.55. The number of nitrogens with zero attached hydrogens (tertiary/aromatic N) is 2. The van der Waals surface area contributed by atoms with Gasteiger partial charge < -0.3 is 15.2 Å². The summed E-state index contributed by atoms with van der Waals surface area (Å²) in [5.74, 6) is -1.37. The molecule has 2 aromatic carbocycles. The van der Waals surface area contributed by atoms with Gasteiger partial charge in [0.15, 0.2) is 0 Å². The van der Waals surface area contributed by atoms with Crippen LogP contribution in [0.2, 0.25) is 0 Å². The Morgan fingerprint density at radius 1 is 1.00 bits per heavy atom. The molecule has 0 atom stereocenters. The Balaban J connectivity index is 1.50. The molecule has 2 heterocycles. The van der Waals surface area contributed by atoms with E-state index in [-0.39, 0.29) is 35.3 Å². The van der Waals surface area contributed by atoms with Crippen LogP contribution in [0.25, 0.3) is 5.57 Å². The molecule has 1 fully saturated rings. The molecule has 1 saturated heterocycles. The summed E-state index contributed by atoms with van der Waals surface area (Å²) in [4.78, 5) is 53.3. The molecule has 11 heteroatoms. The van der Waals surface area contributed by atoms with E-state index in [9.17, 15) is 19.2 Å². The van der Waals surface area contributed by atoms with Crippen molar-refractivity contribution in [1.82, 2.24) is 4.90 Å². The van der Waals surface area contributed by atoms with Crippen molar-refractivity contribution in [2.75, 3.05) is 30.4 Å². The molecule has 2 aliphatic rings. The molecule has 0 radical (unpaired) electrons. The highest BCUT2D eigenvalue weighted by atomic mass is 32.2. The normalized spacial score (nSPS) is 16.8. The SMILES string of the molecule is COc1ccc(NC(=O)CN2C(=O)/C(=C3\SC(=S)N(CCCCCC(=O)O)C3=O)c3ccccc32)cc1. The number of carbonyl (C=O) groups excluding carboxylic acids is 3. The van der Waals surface area contributed by atoms with Crippen LogP contribution in [0.15, 0.2) is 53.4 Å². The van der Waals surface area contributed by atoms with Crippen molar-refractivity contribution in [2.24, 2.45) is 0 Å². The second-order valence-corrected chi connectivity index (χ2v) is 10.1. The Morgan fingerprint density at radius 3 is 2.43 bits per heavy atom.